The lowest BCUT2D eigenvalue weighted by Crippen LogP contribution is -2.06. The minimum absolute atomic E-state index is 0.452. The highest BCUT2D eigenvalue weighted by molar-refractivity contribution is 9.10. The number of halogens is 1. The number of benzene rings is 1. The molecule has 1 aromatic heterocycles. The molecule has 20 heavy (non-hydrogen) atoms. The SMILES string of the molecule is CCc1nn(C)c(CNc2ccc(CC#N)cc2)c1Br. The van der Waals surface area contributed by atoms with Crippen LogP contribution in [0.3, 0.4) is 0 Å². The van der Waals surface area contributed by atoms with Crippen LogP contribution in [0.15, 0.2) is 28.7 Å². The zero-order valence-corrected chi connectivity index (χ0v) is 13.2. The smallest absolute Gasteiger partial charge is 0.0767 e. The zero-order valence-electron chi connectivity index (χ0n) is 11.7. The van der Waals surface area contributed by atoms with Crippen LogP contribution in [0, 0.1) is 11.3 Å². The fourth-order valence-corrected chi connectivity index (χ4v) is 2.79. The molecule has 0 aliphatic heterocycles. The maximum Gasteiger partial charge on any atom is 0.0767 e. The van der Waals surface area contributed by atoms with Crippen molar-refractivity contribution < 1.29 is 0 Å². The van der Waals surface area contributed by atoms with Gasteiger partial charge in [0.1, 0.15) is 0 Å². The third kappa shape index (κ3) is 3.20. The van der Waals surface area contributed by atoms with Crippen LogP contribution in [0.1, 0.15) is 23.9 Å². The number of nitrogens with zero attached hydrogens (tertiary/aromatic N) is 3. The van der Waals surface area contributed by atoms with Crippen molar-refractivity contribution in [2.75, 3.05) is 5.32 Å². The third-order valence-electron chi connectivity index (χ3n) is 3.20. The Kier molecular flexibility index (Phi) is 4.80. The van der Waals surface area contributed by atoms with Gasteiger partial charge >= 0.3 is 0 Å². The van der Waals surface area contributed by atoms with Gasteiger partial charge in [-0.15, -0.1) is 0 Å². The molecule has 2 rings (SSSR count). The summed E-state index contributed by atoms with van der Waals surface area (Å²) in [6.45, 7) is 2.81. The van der Waals surface area contributed by atoms with E-state index in [1.54, 1.807) is 0 Å². The van der Waals surface area contributed by atoms with Gasteiger partial charge in [-0.3, -0.25) is 4.68 Å². The van der Waals surface area contributed by atoms with Gasteiger partial charge in [0.25, 0.3) is 0 Å². The average molecular weight is 333 g/mol. The summed E-state index contributed by atoms with van der Waals surface area (Å²) in [5.74, 6) is 0. The molecule has 0 spiro atoms. The topological polar surface area (TPSA) is 53.6 Å². The van der Waals surface area contributed by atoms with E-state index in [2.05, 4.69) is 39.3 Å². The van der Waals surface area contributed by atoms with E-state index in [0.717, 1.165) is 33.5 Å². The normalized spacial score (nSPS) is 10.3. The van der Waals surface area contributed by atoms with E-state index in [4.69, 9.17) is 5.26 Å². The number of hydrogen-bond acceptors (Lipinski definition) is 3. The molecule has 0 atom stereocenters. The van der Waals surface area contributed by atoms with Crippen LogP contribution in [0.4, 0.5) is 5.69 Å². The van der Waals surface area contributed by atoms with Crippen LogP contribution < -0.4 is 5.32 Å². The predicted molar refractivity (Wildman–Crippen MR) is 83.4 cm³/mol. The molecule has 4 nitrogen and oxygen atoms in total. The molecular weight excluding hydrogens is 316 g/mol. The van der Waals surface area contributed by atoms with Crippen molar-refractivity contribution in [2.24, 2.45) is 7.05 Å². The quantitative estimate of drug-likeness (QED) is 0.912. The second kappa shape index (κ2) is 6.58. The molecule has 0 bridgehead atoms. The summed E-state index contributed by atoms with van der Waals surface area (Å²) in [6, 6.07) is 10.1. The van der Waals surface area contributed by atoms with E-state index in [0.29, 0.717) is 13.0 Å². The Hall–Kier alpha value is -1.80. The maximum atomic E-state index is 8.65. The van der Waals surface area contributed by atoms with Crippen LogP contribution in [-0.4, -0.2) is 9.78 Å². The molecule has 0 radical (unpaired) electrons. The molecule has 0 fully saturated rings. The summed E-state index contributed by atoms with van der Waals surface area (Å²) in [4.78, 5) is 0. The summed E-state index contributed by atoms with van der Waals surface area (Å²) in [7, 11) is 1.96. The first-order chi connectivity index (χ1) is 9.65. The molecule has 0 aliphatic carbocycles. The summed E-state index contributed by atoms with van der Waals surface area (Å²) in [6.07, 6.45) is 1.37. The van der Waals surface area contributed by atoms with Gasteiger partial charge in [-0.1, -0.05) is 19.1 Å². The Bertz CT molecular complexity index is 623. The molecule has 0 amide bonds. The molecule has 104 valence electrons. The lowest BCUT2D eigenvalue weighted by Gasteiger charge is -2.08. The number of anilines is 1. The second-order valence-electron chi connectivity index (χ2n) is 4.57. The van der Waals surface area contributed by atoms with Crippen molar-refractivity contribution in [3.8, 4) is 6.07 Å². The van der Waals surface area contributed by atoms with Gasteiger partial charge in [0.05, 0.1) is 34.9 Å². The van der Waals surface area contributed by atoms with Crippen LogP contribution in [0.2, 0.25) is 0 Å². The van der Waals surface area contributed by atoms with E-state index in [-0.39, 0.29) is 0 Å². The standard InChI is InChI=1S/C15H17BrN4/c1-3-13-15(16)14(20(2)19-13)10-18-12-6-4-11(5-7-12)8-9-17/h4-7,18H,3,8,10H2,1-2H3. The number of nitriles is 1. The molecule has 5 heteroatoms. The van der Waals surface area contributed by atoms with Gasteiger partial charge in [-0.25, -0.2) is 0 Å². The summed E-state index contributed by atoms with van der Waals surface area (Å²) in [5.41, 5.74) is 4.28. The van der Waals surface area contributed by atoms with Gasteiger partial charge in [0.15, 0.2) is 0 Å². The van der Waals surface area contributed by atoms with Gasteiger partial charge in [0, 0.05) is 12.7 Å². The van der Waals surface area contributed by atoms with Crippen LogP contribution >= 0.6 is 15.9 Å². The first-order valence-corrected chi connectivity index (χ1v) is 7.35. The van der Waals surface area contributed by atoms with Crippen molar-refractivity contribution in [1.29, 1.82) is 5.26 Å². The van der Waals surface area contributed by atoms with E-state index in [1.165, 1.54) is 0 Å². The van der Waals surface area contributed by atoms with Crippen molar-refractivity contribution >= 4 is 21.6 Å². The highest BCUT2D eigenvalue weighted by atomic mass is 79.9. The fraction of sp³-hybridized carbons (Fsp3) is 0.333. The number of hydrogen-bond donors (Lipinski definition) is 1. The molecular formula is C15H17BrN4. The Morgan fingerprint density at radius 1 is 1.35 bits per heavy atom. The molecule has 1 heterocycles. The molecule has 2 aromatic rings. The monoisotopic (exact) mass is 332 g/mol. The van der Waals surface area contributed by atoms with Gasteiger partial charge < -0.3 is 5.32 Å². The lowest BCUT2D eigenvalue weighted by molar-refractivity contribution is 0.706. The van der Waals surface area contributed by atoms with Crippen LogP contribution in [0.5, 0.6) is 0 Å². The van der Waals surface area contributed by atoms with Crippen molar-refractivity contribution in [2.45, 2.75) is 26.3 Å². The van der Waals surface area contributed by atoms with Crippen LogP contribution in [0.25, 0.3) is 0 Å². The Balaban J connectivity index is 2.05. The molecule has 0 saturated carbocycles. The maximum absolute atomic E-state index is 8.65. The van der Waals surface area contributed by atoms with Gasteiger partial charge in [-0.2, -0.15) is 10.4 Å². The molecule has 1 N–H and O–H groups in total. The molecule has 0 saturated heterocycles. The predicted octanol–water partition coefficient (Wildman–Crippen LogP) is 3.42. The van der Waals surface area contributed by atoms with E-state index in [1.807, 2.05) is 36.0 Å². The largest absolute Gasteiger partial charge is 0.379 e. The molecule has 1 aromatic carbocycles. The third-order valence-corrected chi connectivity index (χ3v) is 4.12. The average Bonchev–Trinajstić information content (AvgIpc) is 2.73. The fourth-order valence-electron chi connectivity index (χ4n) is 2.03. The Morgan fingerprint density at radius 2 is 2.05 bits per heavy atom. The number of aryl methyl sites for hydroxylation is 2. The number of rotatable bonds is 5. The van der Waals surface area contributed by atoms with E-state index in [9.17, 15) is 0 Å². The van der Waals surface area contributed by atoms with Crippen LogP contribution in [-0.2, 0) is 26.4 Å². The van der Waals surface area contributed by atoms with Crippen molar-refractivity contribution in [3.63, 3.8) is 0 Å². The number of nitrogens with one attached hydrogen (secondary N) is 1. The molecule has 0 aliphatic rings. The number of aromatic nitrogens is 2. The zero-order chi connectivity index (χ0) is 14.5. The summed E-state index contributed by atoms with van der Waals surface area (Å²) >= 11 is 3.61. The highest BCUT2D eigenvalue weighted by Gasteiger charge is 2.11. The Labute approximate surface area is 127 Å². The van der Waals surface area contributed by atoms with Crippen molar-refractivity contribution in [1.82, 2.24) is 9.78 Å². The molecule has 0 unspecified atom stereocenters. The summed E-state index contributed by atoms with van der Waals surface area (Å²) in [5, 5.41) is 16.5. The van der Waals surface area contributed by atoms with Gasteiger partial charge in [-0.05, 0) is 40.0 Å². The second-order valence-corrected chi connectivity index (χ2v) is 5.36. The minimum Gasteiger partial charge on any atom is -0.379 e. The summed E-state index contributed by atoms with van der Waals surface area (Å²) < 4.78 is 2.98. The Morgan fingerprint density at radius 3 is 2.60 bits per heavy atom. The van der Waals surface area contributed by atoms with E-state index >= 15 is 0 Å². The highest BCUT2D eigenvalue weighted by Crippen LogP contribution is 2.22. The van der Waals surface area contributed by atoms with Crippen molar-refractivity contribution in [3.05, 3.63) is 45.7 Å². The first-order valence-electron chi connectivity index (χ1n) is 6.55. The minimum atomic E-state index is 0.452. The van der Waals surface area contributed by atoms with E-state index < -0.39 is 0 Å². The van der Waals surface area contributed by atoms with Gasteiger partial charge in [0.2, 0.25) is 0 Å². The lowest BCUT2D eigenvalue weighted by atomic mass is 10.1. The first kappa shape index (κ1) is 14.6.